The number of nitrogens with zero attached hydrogens (tertiary/aromatic N) is 5. The fraction of sp³-hybridized carbons (Fsp3) is 0.227. The van der Waals surface area contributed by atoms with Crippen LogP contribution in [-0.4, -0.2) is 58.7 Å². The van der Waals surface area contributed by atoms with Gasteiger partial charge in [-0.1, -0.05) is 12.1 Å². The molecule has 8 nitrogen and oxygen atoms in total. The number of para-hydroxylation sites is 1. The van der Waals surface area contributed by atoms with E-state index in [0.29, 0.717) is 48.6 Å². The van der Waals surface area contributed by atoms with Crippen molar-refractivity contribution >= 4 is 34.0 Å². The number of piperazine rings is 1. The molecule has 2 aromatic heterocycles. The predicted octanol–water partition coefficient (Wildman–Crippen LogP) is 2.71. The Balaban J connectivity index is 1.41. The fourth-order valence-electron chi connectivity index (χ4n) is 4.07. The maximum atomic E-state index is 14.1. The zero-order valence-corrected chi connectivity index (χ0v) is 17.3. The molecule has 0 unspecified atom stereocenters. The third-order valence-electron chi connectivity index (χ3n) is 5.68. The van der Waals surface area contributed by atoms with Crippen molar-refractivity contribution in [1.29, 1.82) is 0 Å². The Kier molecular flexibility index (Phi) is 4.76. The van der Waals surface area contributed by atoms with Crippen LogP contribution < -0.4 is 15.4 Å². The van der Waals surface area contributed by atoms with Crippen molar-refractivity contribution in [2.24, 2.45) is 0 Å². The number of carbonyl (C=O) groups excluding carboxylic acids is 1. The van der Waals surface area contributed by atoms with Crippen LogP contribution in [-0.2, 0) is 0 Å². The van der Waals surface area contributed by atoms with Crippen LogP contribution in [0.15, 0.2) is 42.5 Å². The number of benzene rings is 2. The Morgan fingerprint density at radius 1 is 1.09 bits per heavy atom. The van der Waals surface area contributed by atoms with Crippen molar-refractivity contribution < 1.29 is 18.3 Å². The number of hydrogen-bond acceptors (Lipinski definition) is 6. The van der Waals surface area contributed by atoms with Crippen molar-refractivity contribution in [1.82, 2.24) is 19.5 Å². The maximum Gasteiger partial charge on any atom is 0.274 e. The number of fused-ring (bicyclic) bond motifs is 3. The lowest BCUT2D eigenvalue weighted by atomic mass is 10.2. The van der Waals surface area contributed by atoms with E-state index in [1.807, 2.05) is 12.1 Å². The SMILES string of the molecule is COc1cccc2c1nc(N)n1nc(C(=O)N3CCN(c4ccc(F)cc4F)CC3)cc21. The third kappa shape index (κ3) is 3.24. The monoisotopic (exact) mass is 438 g/mol. The van der Waals surface area contributed by atoms with E-state index in [-0.39, 0.29) is 17.5 Å². The molecular formula is C22H20F2N6O2. The Morgan fingerprint density at radius 3 is 2.59 bits per heavy atom. The highest BCUT2D eigenvalue weighted by Crippen LogP contribution is 2.29. The number of ether oxygens (including phenoxy) is 1. The van der Waals surface area contributed by atoms with Crippen LogP contribution in [0.2, 0.25) is 0 Å². The molecule has 5 rings (SSSR count). The summed E-state index contributed by atoms with van der Waals surface area (Å²) >= 11 is 0. The van der Waals surface area contributed by atoms with Gasteiger partial charge in [0.05, 0.1) is 18.3 Å². The molecule has 1 aliphatic heterocycles. The summed E-state index contributed by atoms with van der Waals surface area (Å²) in [6.07, 6.45) is 0. The molecule has 0 bridgehead atoms. The third-order valence-corrected chi connectivity index (χ3v) is 5.68. The summed E-state index contributed by atoms with van der Waals surface area (Å²) in [6.45, 7) is 1.61. The average molecular weight is 438 g/mol. The van der Waals surface area contributed by atoms with E-state index in [1.165, 1.54) is 16.6 Å². The van der Waals surface area contributed by atoms with Gasteiger partial charge >= 0.3 is 0 Å². The number of nitrogen functional groups attached to an aromatic ring is 1. The Labute approximate surface area is 181 Å². The molecule has 32 heavy (non-hydrogen) atoms. The average Bonchev–Trinajstić information content (AvgIpc) is 3.25. The molecule has 1 fully saturated rings. The van der Waals surface area contributed by atoms with Gasteiger partial charge < -0.3 is 20.3 Å². The second-order valence-electron chi connectivity index (χ2n) is 7.53. The minimum Gasteiger partial charge on any atom is -0.494 e. The van der Waals surface area contributed by atoms with E-state index in [4.69, 9.17) is 10.5 Å². The normalized spacial score (nSPS) is 14.3. The van der Waals surface area contributed by atoms with E-state index in [2.05, 4.69) is 10.1 Å². The number of amides is 1. The van der Waals surface area contributed by atoms with E-state index in [1.54, 1.807) is 29.0 Å². The van der Waals surface area contributed by atoms with Gasteiger partial charge in [-0.05, 0) is 24.3 Å². The largest absolute Gasteiger partial charge is 0.494 e. The zero-order valence-electron chi connectivity index (χ0n) is 17.3. The molecule has 1 saturated heterocycles. The Bertz CT molecular complexity index is 1350. The Morgan fingerprint density at radius 2 is 1.88 bits per heavy atom. The molecule has 10 heteroatoms. The number of halogens is 2. The second kappa shape index (κ2) is 7.63. The summed E-state index contributed by atoms with van der Waals surface area (Å²) < 4.78 is 34.1. The molecule has 0 radical (unpaired) electrons. The predicted molar refractivity (Wildman–Crippen MR) is 116 cm³/mol. The molecule has 0 spiro atoms. The molecule has 0 aliphatic carbocycles. The fourth-order valence-corrected chi connectivity index (χ4v) is 4.07. The van der Waals surface area contributed by atoms with E-state index in [0.717, 1.165) is 11.5 Å². The zero-order chi connectivity index (χ0) is 22.4. The minimum atomic E-state index is -0.620. The van der Waals surface area contributed by atoms with Crippen molar-refractivity contribution in [3.05, 3.63) is 59.8 Å². The first-order chi connectivity index (χ1) is 15.5. The molecule has 0 atom stereocenters. The van der Waals surface area contributed by atoms with Crippen LogP contribution in [0, 0.1) is 11.6 Å². The summed E-state index contributed by atoms with van der Waals surface area (Å²) in [7, 11) is 1.56. The molecule has 3 heterocycles. The van der Waals surface area contributed by atoms with Crippen LogP contribution in [0.25, 0.3) is 16.4 Å². The standard InChI is InChI=1S/C22H20F2N6O2/c1-32-19-4-2-3-14-18-12-16(27-30(18)22(25)26-20(14)19)21(31)29-9-7-28(8-10-29)17-6-5-13(23)11-15(17)24/h2-6,11-12H,7-10H2,1H3,(H2,25,26). The number of hydrogen-bond donors (Lipinski definition) is 1. The van der Waals surface area contributed by atoms with Gasteiger partial charge in [-0.25, -0.2) is 13.8 Å². The lowest BCUT2D eigenvalue weighted by molar-refractivity contribution is 0.0740. The topological polar surface area (TPSA) is 89.0 Å². The number of carbonyl (C=O) groups is 1. The number of anilines is 2. The van der Waals surface area contributed by atoms with Crippen LogP contribution in [0.4, 0.5) is 20.4 Å². The summed E-state index contributed by atoms with van der Waals surface area (Å²) in [4.78, 5) is 20.9. The van der Waals surface area contributed by atoms with Gasteiger partial charge in [-0.3, -0.25) is 4.79 Å². The Hall–Kier alpha value is -3.95. The first-order valence-electron chi connectivity index (χ1n) is 10.1. The highest BCUT2D eigenvalue weighted by Gasteiger charge is 2.26. The summed E-state index contributed by atoms with van der Waals surface area (Å²) in [5.74, 6) is -0.757. The second-order valence-corrected chi connectivity index (χ2v) is 7.53. The number of rotatable bonds is 3. The molecule has 2 N–H and O–H groups in total. The van der Waals surface area contributed by atoms with Crippen LogP contribution in [0.3, 0.4) is 0 Å². The number of nitrogens with two attached hydrogens (primary N) is 1. The van der Waals surface area contributed by atoms with E-state index >= 15 is 0 Å². The van der Waals surface area contributed by atoms with Crippen molar-refractivity contribution in [3.63, 3.8) is 0 Å². The molecular weight excluding hydrogens is 418 g/mol. The summed E-state index contributed by atoms with van der Waals surface area (Å²) in [5.41, 5.74) is 7.90. The van der Waals surface area contributed by atoms with Crippen molar-refractivity contribution in [2.75, 3.05) is 43.9 Å². The molecule has 4 aromatic rings. The summed E-state index contributed by atoms with van der Waals surface area (Å²) in [5, 5.41) is 5.14. The van der Waals surface area contributed by atoms with Gasteiger partial charge in [0.15, 0.2) is 5.69 Å². The minimum absolute atomic E-state index is 0.146. The smallest absolute Gasteiger partial charge is 0.274 e. The maximum absolute atomic E-state index is 14.1. The first-order valence-corrected chi connectivity index (χ1v) is 10.1. The quantitative estimate of drug-likeness (QED) is 0.529. The van der Waals surface area contributed by atoms with Crippen molar-refractivity contribution in [2.45, 2.75) is 0 Å². The van der Waals surface area contributed by atoms with Crippen LogP contribution in [0.5, 0.6) is 5.75 Å². The number of methoxy groups -OCH3 is 1. The highest BCUT2D eigenvalue weighted by molar-refractivity contribution is 6.01. The highest BCUT2D eigenvalue weighted by atomic mass is 19.1. The van der Waals surface area contributed by atoms with Gasteiger partial charge in [0.25, 0.3) is 5.91 Å². The van der Waals surface area contributed by atoms with Gasteiger partial charge in [0.1, 0.15) is 22.9 Å². The number of aromatic nitrogens is 3. The first kappa shape index (κ1) is 20.0. The van der Waals surface area contributed by atoms with Gasteiger partial charge in [0.2, 0.25) is 5.95 Å². The van der Waals surface area contributed by atoms with Gasteiger partial charge in [0, 0.05) is 37.6 Å². The van der Waals surface area contributed by atoms with Gasteiger partial charge in [-0.15, -0.1) is 0 Å². The lowest BCUT2D eigenvalue weighted by Gasteiger charge is -2.35. The molecule has 1 aliphatic rings. The van der Waals surface area contributed by atoms with Crippen LogP contribution >= 0.6 is 0 Å². The lowest BCUT2D eigenvalue weighted by Crippen LogP contribution is -2.49. The molecule has 0 saturated carbocycles. The van der Waals surface area contributed by atoms with E-state index < -0.39 is 11.6 Å². The van der Waals surface area contributed by atoms with Crippen molar-refractivity contribution in [3.8, 4) is 5.75 Å². The van der Waals surface area contributed by atoms with Gasteiger partial charge in [-0.2, -0.15) is 9.61 Å². The summed E-state index contributed by atoms with van der Waals surface area (Å²) in [6, 6.07) is 10.7. The molecule has 1 amide bonds. The van der Waals surface area contributed by atoms with Crippen LogP contribution in [0.1, 0.15) is 10.5 Å². The van der Waals surface area contributed by atoms with E-state index in [9.17, 15) is 13.6 Å². The molecule has 164 valence electrons. The molecule has 2 aromatic carbocycles.